The quantitative estimate of drug-likeness (QED) is 0.689. The predicted octanol–water partition coefficient (Wildman–Crippen LogP) is 0.653. The molecule has 0 saturated carbocycles. The molecule has 0 aromatic carbocycles. The summed E-state index contributed by atoms with van der Waals surface area (Å²) < 4.78 is 0. The summed E-state index contributed by atoms with van der Waals surface area (Å²) in [5.74, 6) is 0.668. The molecule has 1 heterocycles. The Morgan fingerprint density at radius 1 is 1.27 bits per heavy atom. The normalized spacial score (nSPS) is 19.5. The Labute approximate surface area is 92.8 Å². The second-order valence-electron chi connectivity index (χ2n) is 4.77. The van der Waals surface area contributed by atoms with E-state index in [0.29, 0.717) is 12.3 Å². The van der Waals surface area contributed by atoms with Crippen molar-refractivity contribution >= 4 is 5.91 Å². The van der Waals surface area contributed by atoms with Crippen LogP contribution >= 0.6 is 0 Å². The lowest BCUT2D eigenvalue weighted by molar-refractivity contribution is -0.149. The first kappa shape index (κ1) is 12.5. The summed E-state index contributed by atoms with van der Waals surface area (Å²) in [6, 6.07) is 0. The largest absolute Gasteiger partial charge is 0.304 e. The standard InChI is InChI=1S/C11H23N3O/c1-10(2)9-11(15)13(4)14-7-5-12(3)6-8-14/h10H,5-9H2,1-4H3. The molecular weight excluding hydrogens is 190 g/mol. The van der Waals surface area contributed by atoms with Crippen molar-refractivity contribution in [3.05, 3.63) is 0 Å². The third-order valence-electron chi connectivity index (χ3n) is 2.85. The van der Waals surface area contributed by atoms with Crippen molar-refractivity contribution in [2.75, 3.05) is 40.3 Å². The third-order valence-corrected chi connectivity index (χ3v) is 2.85. The zero-order valence-corrected chi connectivity index (χ0v) is 10.4. The summed E-state index contributed by atoms with van der Waals surface area (Å²) in [5.41, 5.74) is 0. The van der Waals surface area contributed by atoms with E-state index < -0.39 is 0 Å². The Balaban J connectivity index is 2.39. The van der Waals surface area contributed by atoms with Crippen LogP contribution in [0.25, 0.3) is 0 Å². The fraction of sp³-hybridized carbons (Fsp3) is 0.909. The van der Waals surface area contributed by atoms with Gasteiger partial charge in [0.05, 0.1) is 0 Å². The molecule has 1 fully saturated rings. The molecule has 1 aliphatic heterocycles. The summed E-state index contributed by atoms with van der Waals surface area (Å²) in [7, 11) is 4.00. The minimum absolute atomic E-state index is 0.231. The van der Waals surface area contributed by atoms with Crippen molar-refractivity contribution in [1.82, 2.24) is 14.9 Å². The number of amides is 1. The Hall–Kier alpha value is -0.610. The molecule has 0 bridgehead atoms. The van der Waals surface area contributed by atoms with Crippen molar-refractivity contribution in [2.45, 2.75) is 20.3 Å². The molecule has 4 heteroatoms. The van der Waals surface area contributed by atoms with Crippen LogP contribution in [0.5, 0.6) is 0 Å². The number of rotatable bonds is 3. The van der Waals surface area contributed by atoms with Gasteiger partial charge in [-0.1, -0.05) is 13.8 Å². The third kappa shape index (κ3) is 3.80. The van der Waals surface area contributed by atoms with Crippen molar-refractivity contribution in [3.8, 4) is 0 Å². The van der Waals surface area contributed by atoms with E-state index in [0.717, 1.165) is 26.2 Å². The van der Waals surface area contributed by atoms with E-state index in [-0.39, 0.29) is 5.91 Å². The highest BCUT2D eigenvalue weighted by molar-refractivity contribution is 5.75. The number of piperazine rings is 1. The molecule has 1 amide bonds. The maximum Gasteiger partial charge on any atom is 0.236 e. The molecule has 0 aromatic rings. The summed E-state index contributed by atoms with van der Waals surface area (Å²) >= 11 is 0. The number of hydrazine groups is 1. The molecule has 88 valence electrons. The molecule has 1 aliphatic rings. The molecule has 0 aliphatic carbocycles. The molecule has 0 spiro atoms. The molecule has 0 aromatic heterocycles. The van der Waals surface area contributed by atoms with Crippen LogP contribution in [0.4, 0.5) is 0 Å². The molecule has 1 saturated heterocycles. The zero-order chi connectivity index (χ0) is 11.4. The summed E-state index contributed by atoms with van der Waals surface area (Å²) in [4.78, 5) is 14.1. The highest BCUT2D eigenvalue weighted by Crippen LogP contribution is 2.07. The van der Waals surface area contributed by atoms with Crippen LogP contribution in [0, 0.1) is 5.92 Å². The van der Waals surface area contributed by atoms with E-state index in [4.69, 9.17) is 0 Å². The number of hydrogen-bond donors (Lipinski definition) is 0. The fourth-order valence-corrected chi connectivity index (χ4v) is 1.73. The second-order valence-corrected chi connectivity index (χ2v) is 4.77. The first-order chi connectivity index (χ1) is 7.00. The van der Waals surface area contributed by atoms with Crippen LogP contribution in [0.15, 0.2) is 0 Å². The van der Waals surface area contributed by atoms with Crippen molar-refractivity contribution in [2.24, 2.45) is 5.92 Å². The van der Waals surface area contributed by atoms with E-state index in [9.17, 15) is 4.79 Å². The van der Waals surface area contributed by atoms with Crippen LogP contribution in [0.2, 0.25) is 0 Å². The van der Waals surface area contributed by atoms with Crippen molar-refractivity contribution in [1.29, 1.82) is 0 Å². The monoisotopic (exact) mass is 213 g/mol. The van der Waals surface area contributed by atoms with Gasteiger partial charge in [-0.15, -0.1) is 0 Å². The first-order valence-corrected chi connectivity index (χ1v) is 5.70. The van der Waals surface area contributed by atoms with E-state index >= 15 is 0 Å². The lowest BCUT2D eigenvalue weighted by atomic mass is 10.1. The second kappa shape index (κ2) is 5.47. The molecule has 4 nitrogen and oxygen atoms in total. The van der Waals surface area contributed by atoms with E-state index in [1.54, 1.807) is 5.01 Å². The fourth-order valence-electron chi connectivity index (χ4n) is 1.73. The van der Waals surface area contributed by atoms with Crippen LogP contribution in [0.1, 0.15) is 20.3 Å². The van der Waals surface area contributed by atoms with Gasteiger partial charge in [-0.2, -0.15) is 0 Å². The molecule has 0 unspecified atom stereocenters. The van der Waals surface area contributed by atoms with Crippen LogP contribution in [-0.2, 0) is 4.79 Å². The molecular formula is C11H23N3O. The predicted molar refractivity (Wildman–Crippen MR) is 61.3 cm³/mol. The van der Waals surface area contributed by atoms with Gasteiger partial charge >= 0.3 is 0 Å². The van der Waals surface area contributed by atoms with Crippen LogP contribution in [-0.4, -0.2) is 61.1 Å². The lowest BCUT2D eigenvalue weighted by Gasteiger charge is -2.38. The number of carbonyl (C=O) groups excluding carboxylic acids is 1. The van der Waals surface area contributed by atoms with E-state index in [1.807, 2.05) is 7.05 Å². The summed E-state index contributed by atoms with van der Waals surface area (Å²) in [5, 5.41) is 3.94. The topological polar surface area (TPSA) is 26.8 Å². The number of carbonyl (C=O) groups is 1. The van der Waals surface area contributed by atoms with Crippen LogP contribution < -0.4 is 0 Å². The highest BCUT2D eigenvalue weighted by Gasteiger charge is 2.21. The van der Waals surface area contributed by atoms with Gasteiger partial charge < -0.3 is 4.90 Å². The molecule has 15 heavy (non-hydrogen) atoms. The van der Waals surface area contributed by atoms with Gasteiger partial charge in [0.1, 0.15) is 0 Å². The van der Waals surface area contributed by atoms with Gasteiger partial charge in [0.25, 0.3) is 0 Å². The maximum atomic E-state index is 11.8. The van der Waals surface area contributed by atoms with Gasteiger partial charge in [-0.3, -0.25) is 9.80 Å². The van der Waals surface area contributed by atoms with E-state index in [1.165, 1.54) is 0 Å². The smallest absolute Gasteiger partial charge is 0.236 e. The van der Waals surface area contributed by atoms with Gasteiger partial charge in [-0.05, 0) is 13.0 Å². The van der Waals surface area contributed by atoms with Crippen LogP contribution in [0.3, 0.4) is 0 Å². The van der Waals surface area contributed by atoms with Gasteiger partial charge in [0.2, 0.25) is 5.91 Å². The number of likely N-dealkylation sites (N-methyl/N-ethyl adjacent to an activating group) is 1. The highest BCUT2D eigenvalue weighted by atomic mass is 16.2. The maximum absolute atomic E-state index is 11.8. The average molecular weight is 213 g/mol. The first-order valence-electron chi connectivity index (χ1n) is 5.70. The Morgan fingerprint density at radius 3 is 2.27 bits per heavy atom. The Kier molecular flexibility index (Phi) is 4.54. The SMILES string of the molecule is CC(C)CC(=O)N(C)N1CCN(C)CC1. The minimum atomic E-state index is 0.231. The molecule has 0 atom stereocenters. The van der Waals surface area contributed by atoms with Crippen molar-refractivity contribution in [3.63, 3.8) is 0 Å². The zero-order valence-electron chi connectivity index (χ0n) is 10.4. The number of hydrogen-bond acceptors (Lipinski definition) is 3. The lowest BCUT2D eigenvalue weighted by Crippen LogP contribution is -2.53. The average Bonchev–Trinajstić information content (AvgIpc) is 2.17. The molecule has 1 rings (SSSR count). The van der Waals surface area contributed by atoms with Gasteiger partial charge in [0, 0.05) is 39.6 Å². The van der Waals surface area contributed by atoms with E-state index in [2.05, 4.69) is 30.8 Å². The minimum Gasteiger partial charge on any atom is -0.304 e. The number of nitrogens with zero attached hydrogens (tertiary/aromatic N) is 3. The molecule has 0 N–H and O–H groups in total. The van der Waals surface area contributed by atoms with Crippen molar-refractivity contribution < 1.29 is 4.79 Å². The molecule has 0 radical (unpaired) electrons. The van der Waals surface area contributed by atoms with Gasteiger partial charge in [0.15, 0.2) is 0 Å². The van der Waals surface area contributed by atoms with Gasteiger partial charge in [-0.25, -0.2) is 5.01 Å². The summed E-state index contributed by atoms with van der Waals surface area (Å²) in [6.07, 6.45) is 0.642. The Morgan fingerprint density at radius 2 is 1.80 bits per heavy atom. The summed E-state index contributed by atoms with van der Waals surface area (Å²) in [6.45, 7) is 8.15. The Bertz CT molecular complexity index is 210.